The monoisotopic (exact) mass is 280 g/mol. The second kappa shape index (κ2) is 7.23. The second-order valence-electron chi connectivity index (χ2n) is 4.15. The molecule has 2 aromatic carbocycles. The molecule has 2 rings (SSSR count). The van der Waals surface area contributed by atoms with E-state index in [1.807, 2.05) is 0 Å². The fourth-order valence-electron chi connectivity index (χ4n) is 1.88. The quantitative estimate of drug-likeness (QED) is 0.639. The van der Waals surface area contributed by atoms with E-state index in [4.69, 9.17) is 17.5 Å². The van der Waals surface area contributed by atoms with Gasteiger partial charge in [-0.05, 0) is 29.2 Å². The second-order valence-corrected chi connectivity index (χ2v) is 4.97. The SMILES string of the molecule is CCCCc1cccc2ccccc12.O=S(=O)([O-])[O-]. The van der Waals surface area contributed by atoms with Crippen LogP contribution in [0.15, 0.2) is 42.5 Å². The molecule has 0 N–H and O–H groups in total. The average molecular weight is 280 g/mol. The molecule has 0 fully saturated rings. The van der Waals surface area contributed by atoms with E-state index in [0.717, 1.165) is 0 Å². The molecule has 0 spiro atoms. The van der Waals surface area contributed by atoms with Crippen molar-refractivity contribution in [1.82, 2.24) is 0 Å². The van der Waals surface area contributed by atoms with Crippen LogP contribution in [0.5, 0.6) is 0 Å². The van der Waals surface area contributed by atoms with E-state index in [1.165, 1.54) is 35.6 Å². The van der Waals surface area contributed by atoms with Crippen LogP contribution >= 0.6 is 0 Å². The molecular weight excluding hydrogens is 264 g/mol. The number of fused-ring (bicyclic) bond motifs is 1. The van der Waals surface area contributed by atoms with E-state index in [9.17, 15) is 0 Å². The Morgan fingerprint density at radius 2 is 1.58 bits per heavy atom. The zero-order valence-electron chi connectivity index (χ0n) is 10.7. The number of unbranched alkanes of at least 4 members (excludes halogenated alkanes) is 1. The summed E-state index contributed by atoms with van der Waals surface area (Å²) in [7, 11) is -5.17. The average Bonchev–Trinajstić information content (AvgIpc) is 2.34. The van der Waals surface area contributed by atoms with Crippen LogP contribution in [-0.4, -0.2) is 17.5 Å². The van der Waals surface area contributed by atoms with Crippen molar-refractivity contribution in [3.05, 3.63) is 48.0 Å². The molecule has 104 valence electrons. The summed E-state index contributed by atoms with van der Waals surface area (Å²) in [6.07, 6.45) is 3.76. The molecule has 0 radical (unpaired) electrons. The summed E-state index contributed by atoms with van der Waals surface area (Å²) in [6.45, 7) is 2.24. The Kier molecular flexibility index (Phi) is 5.95. The van der Waals surface area contributed by atoms with Crippen molar-refractivity contribution >= 4 is 21.2 Å². The number of rotatable bonds is 3. The predicted molar refractivity (Wildman–Crippen MR) is 73.0 cm³/mol. The molecule has 2 aromatic rings. The van der Waals surface area contributed by atoms with Gasteiger partial charge in [-0.25, -0.2) is 0 Å². The van der Waals surface area contributed by atoms with Gasteiger partial charge in [0.1, 0.15) is 0 Å². The Morgan fingerprint density at radius 3 is 2.21 bits per heavy atom. The first-order valence-corrected chi connectivity index (χ1v) is 7.38. The van der Waals surface area contributed by atoms with E-state index < -0.39 is 10.4 Å². The number of hydrogen-bond donors (Lipinski definition) is 0. The highest BCUT2D eigenvalue weighted by Gasteiger charge is 1.98. The molecule has 0 atom stereocenters. The summed E-state index contributed by atoms with van der Waals surface area (Å²) in [5.74, 6) is 0. The Balaban J connectivity index is 0.000000312. The van der Waals surface area contributed by atoms with E-state index >= 15 is 0 Å². The van der Waals surface area contributed by atoms with E-state index in [0.29, 0.717) is 0 Å². The predicted octanol–water partition coefficient (Wildman–Crippen LogP) is 2.84. The van der Waals surface area contributed by atoms with Crippen molar-refractivity contribution in [3.63, 3.8) is 0 Å². The van der Waals surface area contributed by atoms with Crippen molar-refractivity contribution in [2.75, 3.05) is 0 Å². The molecule has 0 aliphatic heterocycles. The molecular formula is C14H16O4S-2. The van der Waals surface area contributed by atoms with Gasteiger partial charge in [-0.1, -0.05) is 55.8 Å². The van der Waals surface area contributed by atoms with Crippen LogP contribution in [0.25, 0.3) is 10.8 Å². The zero-order chi connectivity index (χ0) is 14.3. The first kappa shape index (κ1) is 15.6. The molecule has 0 amide bonds. The molecule has 0 unspecified atom stereocenters. The molecule has 0 aliphatic carbocycles. The standard InChI is InChI=1S/C14H16.H2O4S/c1-2-3-7-12-9-6-10-13-8-4-5-11-14(12)13;1-5(2,3)4/h4-6,8-11H,2-3,7H2,1H3;(H2,1,2,3,4)/p-2. The first-order valence-electron chi connectivity index (χ1n) is 6.05. The fraction of sp³-hybridized carbons (Fsp3) is 0.286. The lowest BCUT2D eigenvalue weighted by atomic mass is 10.0. The van der Waals surface area contributed by atoms with Crippen molar-refractivity contribution in [2.45, 2.75) is 26.2 Å². The highest BCUT2D eigenvalue weighted by Crippen LogP contribution is 2.19. The molecule has 0 saturated heterocycles. The van der Waals surface area contributed by atoms with E-state index in [-0.39, 0.29) is 0 Å². The van der Waals surface area contributed by atoms with Crippen LogP contribution in [0.2, 0.25) is 0 Å². The van der Waals surface area contributed by atoms with Crippen LogP contribution in [-0.2, 0) is 16.8 Å². The lowest BCUT2D eigenvalue weighted by Gasteiger charge is -2.06. The third kappa shape index (κ3) is 6.33. The third-order valence-electron chi connectivity index (χ3n) is 2.68. The van der Waals surface area contributed by atoms with Gasteiger partial charge < -0.3 is 9.11 Å². The van der Waals surface area contributed by atoms with Crippen molar-refractivity contribution in [2.24, 2.45) is 0 Å². The van der Waals surface area contributed by atoms with Crippen LogP contribution in [0.3, 0.4) is 0 Å². The Labute approximate surface area is 113 Å². The largest absolute Gasteiger partial charge is 0.759 e. The molecule has 0 heterocycles. The molecule has 0 aromatic heterocycles. The Hall–Kier alpha value is -1.43. The number of hydrogen-bond acceptors (Lipinski definition) is 4. The summed E-state index contributed by atoms with van der Waals surface area (Å²) in [5, 5.41) is 2.78. The zero-order valence-corrected chi connectivity index (χ0v) is 11.5. The van der Waals surface area contributed by atoms with Gasteiger partial charge in [0.05, 0.1) is 0 Å². The topological polar surface area (TPSA) is 80.3 Å². The van der Waals surface area contributed by atoms with Gasteiger partial charge >= 0.3 is 0 Å². The maximum absolute atomic E-state index is 8.52. The van der Waals surface area contributed by atoms with Gasteiger partial charge in [-0.15, -0.1) is 0 Å². The first-order chi connectivity index (χ1) is 8.92. The van der Waals surface area contributed by atoms with Crippen LogP contribution in [0, 0.1) is 0 Å². The van der Waals surface area contributed by atoms with E-state index in [2.05, 4.69) is 49.4 Å². The molecule has 5 heteroatoms. The van der Waals surface area contributed by atoms with Gasteiger partial charge in [0.2, 0.25) is 0 Å². The van der Waals surface area contributed by atoms with Gasteiger partial charge in [0, 0.05) is 10.4 Å². The maximum atomic E-state index is 8.52. The van der Waals surface area contributed by atoms with Crippen molar-refractivity contribution < 1.29 is 17.5 Å². The van der Waals surface area contributed by atoms with Crippen LogP contribution < -0.4 is 0 Å². The van der Waals surface area contributed by atoms with Gasteiger partial charge in [0.15, 0.2) is 0 Å². The van der Waals surface area contributed by atoms with E-state index in [1.54, 1.807) is 0 Å². The summed E-state index contributed by atoms with van der Waals surface area (Å²) >= 11 is 0. The highest BCUT2D eigenvalue weighted by molar-refractivity contribution is 7.79. The number of benzene rings is 2. The smallest absolute Gasteiger partial charge is 0.0311 e. The lowest BCUT2D eigenvalue weighted by molar-refractivity contribution is 0.352. The number of aryl methyl sites for hydroxylation is 1. The fourth-order valence-corrected chi connectivity index (χ4v) is 1.88. The van der Waals surface area contributed by atoms with Crippen LogP contribution in [0.1, 0.15) is 25.3 Å². The van der Waals surface area contributed by atoms with Gasteiger partial charge in [-0.2, -0.15) is 0 Å². The normalized spacial score (nSPS) is 10.9. The maximum Gasteiger partial charge on any atom is 0.0311 e. The Morgan fingerprint density at radius 1 is 1.00 bits per heavy atom. The van der Waals surface area contributed by atoms with Crippen LogP contribution in [0.4, 0.5) is 0 Å². The minimum atomic E-state index is -5.17. The molecule has 0 aliphatic rings. The van der Waals surface area contributed by atoms with Crippen molar-refractivity contribution in [1.29, 1.82) is 0 Å². The summed E-state index contributed by atoms with van der Waals surface area (Å²) in [6, 6.07) is 15.2. The third-order valence-corrected chi connectivity index (χ3v) is 2.68. The molecule has 4 nitrogen and oxygen atoms in total. The molecule has 0 bridgehead atoms. The molecule has 19 heavy (non-hydrogen) atoms. The minimum absolute atomic E-state index is 1.21. The highest BCUT2D eigenvalue weighted by atomic mass is 32.3. The summed E-state index contributed by atoms with van der Waals surface area (Å²) in [5.41, 5.74) is 1.49. The summed E-state index contributed by atoms with van der Waals surface area (Å²) < 4.78 is 34.1. The van der Waals surface area contributed by atoms with Gasteiger partial charge in [-0.3, -0.25) is 8.42 Å². The lowest BCUT2D eigenvalue weighted by Crippen LogP contribution is -1.91. The Bertz CT molecular complexity index is 607. The van der Waals surface area contributed by atoms with Gasteiger partial charge in [0.25, 0.3) is 0 Å². The van der Waals surface area contributed by atoms with Crippen molar-refractivity contribution in [3.8, 4) is 0 Å². The minimum Gasteiger partial charge on any atom is -0.759 e. The summed E-state index contributed by atoms with van der Waals surface area (Å²) in [4.78, 5) is 0. The molecule has 0 saturated carbocycles.